The first-order valence-electron chi connectivity index (χ1n) is 5.96. The highest BCUT2D eigenvalue weighted by molar-refractivity contribution is 6.01. The van der Waals surface area contributed by atoms with Crippen LogP contribution in [0.2, 0.25) is 0 Å². The number of amides is 1. The number of carboxylic acid groups (broad SMARTS) is 1. The number of nitrogens with zero attached hydrogens (tertiary/aromatic N) is 1. The molecule has 1 atom stereocenters. The van der Waals surface area contributed by atoms with E-state index in [9.17, 15) is 14.7 Å². The molecule has 4 nitrogen and oxygen atoms in total. The fourth-order valence-corrected chi connectivity index (χ4v) is 2.63. The fraction of sp³-hybridized carbons (Fsp3) is 0.429. The zero-order valence-electron chi connectivity index (χ0n) is 10.8. The van der Waals surface area contributed by atoms with Gasteiger partial charge in [0, 0.05) is 12.1 Å². The predicted octanol–water partition coefficient (Wildman–Crippen LogP) is 2.21. The van der Waals surface area contributed by atoms with E-state index >= 15 is 0 Å². The molecule has 1 N–H and O–H groups in total. The number of carbonyl (C=O) groups is 2. The van der Waals surface area contributed by atoms with E-state index < -0.39 is 17.4 Å². The van der Waals surface area contributed by atoms with Gasteiger partial charge in [-0.25, -0.2) is 0 Å². The Hall–Kier alpha value is -1.84. The van der Waals surface area contributed by atoms with Crippen molar-refractivity contribution in [2.45, 2.75) is 32.7 Å². The molecular formula is C14H17NO3. The summed E-state index contributed by atoms with van der Waals surface area (Å²) in [5.74, 6) is -1.70. The molecule has 0 aromatic heterocycles. The highest BCUT2D eigenvalue weighted by Crippen LogP contribution is 2.39. The summed E-state index contributed by atoms with van der Waals surface area (Å²) in [4.78, 5) is 24.9. The lowest BCUT2D eigenvalue weighted by Crippen LogP contribution is -2.46. The van der Waals surface area contributed by atoms with Crippen molar-refractivity contribution in [1.82, 2.24) is 0 Å². The standard InChI is InChI=1S/C14H17NO3/c1-9-5-4-6-10(7-9)15-12(16)8-11(13(17)18)14(15,2)3/h4-7,11H,8H2,1-3H3,(H,17,18). The van der Waals surface area contributed by atoms with E-state index in [2.05, 4.69) is 0 Å². The van der Waals surface area contributed by atoms with Crippen molar-refractivity contribution in [3.63, 3.8) is 0 Å². The van der Waals surface area contributed by atoms with Crippen LogP contribution >= 0.6 is 0 Å². The molecule has 1 heterocycles. The molecule has 1 unspecified atom stereocenters. The number of hydrogen-bond acceptors (Lipinski definition) is 2. The topological polar surface area (TPSA) is 57.6 Å². The van der Waals surface area contributed by atoms with Crippen LogP contribution in [-0.4, -0.2) is 22.5 Å². The maximum atomic E-state index is 12.1. The zero-order valence-corrected chi connectivity index (χ0v) is 10.8. The van der Waals surface area contributed by atoms with Gasteiger partial charge >= 0.3 is 5.97 Å². The molecule has 2 rings (SSSR count). The summed E-state index contributed by atoms with van der Waals surface area (Å²) in [7, 11) is 0. The summed E-state index contributed by atoms with van der Waals surface area (Å²) in [6, 6.07) is 7.58. The molecule has 1 aromatic rings. The van der Waals surface area contributed by atoms with Gasteiger partial charge in [0.05, 0.1) is 11.5 Å². The number of anilines is 1. The Balaban J connectivity index is 2.45. The number of aliphatic carboxylic acids is 1. The Kier molecular flexibility index (Phi) is 2.89. The first-order valence-corrected chi connectivity index (χ1v) is 5.96. The quantitative estimate of drug-likeness (QED) is 0.871. The molecule has 96 valence electrons. The molecule has 1 saturated heterocycles. The number of carboxylic acids is 1. The summed E-state index contributed by atoms with van der Waals surface area (Å²) >= 11 is 0. The summed E-state index contributed by atoms with van der Waals surface area (Å²) in [6.07, 6.45) is 0.0657. The van der Waals surface area contributed by atoms with E-state index in [-0.39, 0.29) is 12.3 Å². The molecule has 1 aliphatic heterocycles. The summed E-state index contributed by atoms with van der Waals surface area (Å²) in [5.41, 5.74) is 1.13. The van der Waals surface area contributed by atoms with Gasteiger partial charge in [-0.3, -0.25) is 9.59 Å². The van der Waals surface area contributed by atoms with Crippen molar-refractivity contribution in [2.75, 3.05) is 4.90 Å². The van der Waals surface area contributed by atoms with E-state index in [1.54, 1.807) is 18.7 Å². The third kappa shape index (κ3) is 1.88. The normalized spacial score (nSPS) is 22.3. The Morgan fingerprint density at radius 3 is 2.61 bits per heavy atom. The van der Waals surface area contributed by atoms with Crippen LogP contribution < -0.4 is 4.90 Å². The number of rotatable bonds is 2. The Labute approximate surface area is 106 Å². The van der Waals surface area contributed by atoms with Gasteiger partial charge in [-0.05, 0) is 38.5 Å². The van der Waals surface area contributed by atoms with Gasteiger partial charge in [0.25, 0.3) is 0 Å². The van der Waals surface area contributed by atoms with Gasteiger partial charge in [-0.2, -0.15) is 0 Å². The van der Waals surface area contributed by atoms with E-state index in [1.165, 1.54) is 0 Å². The highest BCUT2D eigenvalue weighted by Gasteiger charge is 2.50. The fourth-order valence-electron chi connectivity index (χ4n) is 2.63. The van der Waals surface area contributed by atoms with Crippen LogP contribution in [0.1, 0.15) is 25.8 Å². The zero-order chi connectivity index (χ0) is 13.5. The summed E-state index contributed by atoms with van der Waals surface area (Å²) < 4.78 is 0. The van der Waals surface area contributed by atoms with Crippen LogP contribution in [0.4, 0.5) is 5.69 Å². The average molecular weight is 247 g/mol. The first kappa shape index (κ1) is 12.6. The lowest BCUT2D eigenvalue weighted by molar-refractivity contribution is -0.143. The predicted molar refractivity (Wildman–Crippen MR) is 68.5 cm³/mol. The van der Waals surface area contributed by atoms with E-state index in [1.807, 2.05) is 31.2 Å². The minimum atomic E-state index is -0.913. The van der Waals surface area contributed by atoms with Crippen LogP contribution in [0.3, 0.4) is 0 Å². The molecule has 0 saturated carbocycles. The number of aryl methyl sites for hydroxylation is 1. The lowest BCUT2D eigenvalue weighted by Gasteiger charge is -2.34. The maximum Gasteiger partial charge on any atom is 0.309 e. The Bertz CT molecular complexity index is 508. The first-order chi connectivity index (χ1) is 8.34. The van der Waals surface area contributed by atoms with Crippen molar-refractivity contribution in [1.29, 1.82) is 0 Å². The second kappa shape index (κ2) is 4.12. The minimum Gasteiger partial charge on any atom is -0.481 e. The number of hydrogen-bond donors (Lipinski definition) is 1. The summed E-state index contributed by atoms with van der Waals surface area (Å²) in [5, 5.41) is 9.21. The average Bonchev–Trinajstić information content (AvgIpc) is 2.48. The van der Waals surface area contributed by atoms with Gasteiger partial charge in [0.1, 0.15) is 0 Å². The smallest absolute Gasteiger partial charge is 0.309 e. The van der Waals surface area contributed by atoms with Crippen molar-refractivity contribution in [3.8, 4) is 0 Å². The molecule has 0 aliphatic carbocycles. The molecular weight excluding hydrogens is 230 g/mol. The van der Waals surface area contributed by atoms with Gasteiger partial charge in [0.15, 0.2) is 0 Å². The van der Waals surface area contributed by atoms with Crippen LogP contribution in [-0.2, 0) is 9.59 Å². The SMILES string of the molecule is Cc1cccc(N2C(=O)CC(C(=O)O)C2(C)C)c1. The monoisotopic (exact) mass is 247 g/mol. The van der Waals surface area contributed by atoms with Gasteiger partial charge in [-0.15, -0.1) is 0 Å². The van der Waals surface area contributed by atoms with Crippen LogP contribution in [0.15, 0.2) is 24.3 Å². The van der Waals surface area contributed by atoms with E-state index in [0.717, 1.165) is 11.3 Å². The van der Waals surface area contributed by atoms with Gasteiger partial charge in [0.2, 0.25) is 5.91 Å². The second-order valence-corrected chi connectivity index (χ2v) is 5.32. The molecule has 1 aromatic carbocycles. The van der Waals surface area contributed by atoms with Crippen molar-refractivity contribution < 1.29 is 14.7 Å². The van der Waals surface area contributed by atoms with Crippen molar-refractivity contribution in [3.05, 3.63) is 29.8 Å². The second-order valence-electron chi connectivity index (χ2n) is 5.32. The summed E-state index contributed by atoms with van der Waals surface area (Å²) in [6.45, 7) is 5.56. The van der Waals surface area contributed by atoms with Crippen LogP contribution in [0.25, 0.3) is 0 Å². The number of carbonyl (C=O) groups excluding carboxylic acids is 1. The third-order valence-corrected chi connectivity index (χ3v) is 3.62. The molecule has 1 fully saturated rings. The Morgan fingerprint density at radius 2 is 2.11 bits per heavy atom. The molecule has 4 heteroatoms. The largest absolute Gasteiger partial charge is 0.481 e. The van der Waals surface area contributed by atoms with Crippen LogP contribution in [0, 0.1) is 12.8 Å². The van der Waals surface area contributed by atoms with Crippen molar-refractivity contribution in [2.24, 2.45) is 5.92 Å². The minimum absolute atomic E-state index is 0.0657. The van der Waals surface area contributed by atoms with Crippen LogP contribution in [0.5, 0.6) is 0 Å². The number of benzene rings is 1. The highest BCUT2D eigenvalue weighted by atomic mass is 16.4. The molecule has 18 heavy (non-hydrogen) atoms. The van der Waals surface area contributed by atoms with Gasteiger partial charge < -0.3 is 10.0 Å². The van der Waals surface area contributed by atoms with E-state index in [0.29, 0.717) is 0 Å². The lowest BCUT2D eigenvalue weighted by atomic mass is 9.88. The Morgan fingerprint density at radius 1 is 1.44 bits per heavy atom. The molecule has 0 radical (unpaired) electrons. The molecule has 1 amide bonds. The molecule has 0 spiro atoms. The molecule has 1 aliphatic rings. The van der Waals surface area contributed by atoms with E-state index in [4.69, 9.17) is 0 Å². The van der Waals surface area contributed by atoms with Crippen molar-refractivity contribution >= 4 is 17.6 Å². The maximum absolute atomic E-state index is 12.1. The van der Waals surface area contributed by atoms with Gasteiger partial charge in [-0.1, -0.05) is 12.1 Å². The third-order valence-electron chi connectivity index (χ3n) is 3.62. The molecule has 0 bridgehead atoms.